The number of carbonyl (C=O) groups is 1. The highest BCUT2D eigenvalue weighted by Gasteiger charge is 2.32. The van der Waals surface area contributed by atoms with Crippen LogP contribution >= 0.6 is 34.8 Å². The fraction of sp³-hybridized carbons (Fsp3) is 0. The molecule has 1 aliphatic rings. The molecule has 0 radical (unpaired) electrons. The molecule has 28 heavy (non-hydrogen) atoms. The normalized spacial score (nSPS) is 15.2. The lowest BCUT2D eigenvalue weighted by Gasteiger charge is -2.18. The van der Waals surface area contributed by atoms with Gasteiger partial charge in [-0.2, -0.15) is 0 Å². The van der Waals surface area contributed by atoms with Crippen LogP contribution in [-0.2, 0) is 4.79 Å². The summed E-state index contributed by atoms with van der Waals surface area (Å²) in [5.41, 5.74) is 2.47. The Morgan fingerprint density at radius 1 is 0.821 bits per heavy atom. The number of amidine groups is 1. The third kappa shape index (κ3) is 3.69. The van der Waals surface area contributed by atoms with Crippen molar-refractivity contribution in [3.05, 3.63) is 105 Å². The van der Waals surface area contributed by atoms with E-state index in [0.29, 0.717) is 32.2 Å². The van der Waals surface area contributed by atoms with E-state index in [-0.39, 0.29) is 11.6 Å². The summed E-state index contributed by atoms with van der Waals surface area (Å²) in [5, 5.41) is 1.58. The maximum Gasteiger partial charge on any atom is 0.282 e. The molecule has 138 valence electrons. The molecule has 0 spiro atoms. The van der Waals surface area contributed by atoms with E-state index in [1.54, 1.807) is 53.4 Å². The predicted molar refractivity (Wildman–Crippen MR) is 116 cm³/mol. The molecule has 6 heteroatoms. The van der Waals surface area contributed by atoms with Crippen LogP contribution in [0.1, 0.15) is 11.1 Å². The lowest BCUT2D eigenvalue weighted by Crippen LogP contribution is -2.32. The third-order valence-corrected chi connectivity index (χ3v) is 5.05. The first-order valence-electron chi connectivity index (χ1n) is 8.44. The minimum absolute atomic E-state index is 0.243. The van der Waals surface area contributed by atoms with Crippen molar-refractivity contribution in [1.29, 1.82) is 0 Å². The van der Waals surface area contributed by atoms with Gasteiger partial charge in [0, 0.05) is 20.6 Å². The average molecular weight is 428 g/mol. The second-order valence-electron chi connectivity index (χ2n) is 6.11. The molecule has 0 saturated heterocycles. The number of nitrogens with zero attached hydrogens (tertiary/aromatic N) is 2. The van der Waals surface area contributed by atoms with E-state index in [2.05, 4.69) is 4.99 Å². The van der Waals surface area contributed by atoms with Crippen molar-refractivity contribution in [2.75, 3.05) is 4.90 Å². The van der Waals surface area contributed by atoms with Crippen LogP contribution in [0.2, 0.25) is 15.1 Å². The molecule has 3 nitrogen and oxygen atoms in total. The monoisotopic (exact) mass is 426 g/mol. The highest BCUT2D eigenvalue weighted by Crippen LogP contribution is 2.30. The van der Waals surface area contributed by atoms with E-state index in [1.807, 2.05) is 30.3 Å². The maximum atomic E-state index is 13.2. The van der Waals surface area contributed by atoms with E-state index < -0.39 is 0 Å². The third-order valence-electron chi connectivity index (χ3n) is 4.23. The Morgan fingerprint density at radius 2 is 1.50 bits per heavy atom. The number of rotatable bonds is 3. The van der Waals surface area contributed by atoms with E-state index in [4.69, 9.17) is 34.8 Å². The molecule has 1 amide bonds. The fourth-order valence-corrected chi connectivity index (χ4v) is 3.48. The van der Waals surface area contributed by atoms with Gasteiger partial charge in [-0.3, -0.25) is 9.69 Å². The summed E-state index contributed by atoms with van der Waals surface area (Å²) in [7, 11) is 0. The summed E-state index contributed by atoms with van der Waals surface area (Å²) < 4.78 is 0. The Bertz CT molecular complexity index is 1110. The smallest absolute Gasteiger partial charge is 0.266 e. The van der Waals surface area contributed by atoms with Gasteiger partial charge in [0.05, 0.1) is 5.69 Å². The van der Waals surface area contributed by atoms with Crippen LogP contribution in [0.15, 0.2) is 83.5 Å². The summed E-state index contributed by atoms with van der Waals surface area (Å²) in [6.07, 6.45) is 1.67. The van der Waals surface area contributed by atoms with Crippen molar-refractivity contribution in [2.45, 2.75) is 0 Å². The van der Waals surface area contributed by atoms with Gasteiger partial charge in [-0.05, 0) is 48.0 Å². The molecule has 0 bridgehead atoms. The fourth-order valence-electron chi connectivity index (χ4n) is 2.89. The topological polar surface area (TPSA) is 32.7 Å². The zero-order valence-electron chi connectivity index (χ0n) is 14.4. The molecule has 0 unspecified atom stereocenters. The number of hydrogen-bond acceptors (Lipinski definition) is 2. The molecule has 0 aromatic heterocycles. The van der Waals surface area contributed by atoms with Crippen LogP contribution in [0.3, 0.4) is 0 Å². The van der Waals surface area contributed by atoms with Crippen LogP contribution < -0.4 is 4.90 Å². The lowest BCUT2D eigenvalue weighted by molar-refractivity contribution is -0.113. The molecule has 3 aromatic carbocycles. The van der Waals surface area contributed by atoms with Gasteiger partial charge in [-0.1, -0.05) is 71.2 Å². The van der Waals surface area contributed by atoms with Crippen molar-refractivity contribution in [1.82, 2.24) is 0 Å². The molecule has 1 heterocycles. The zero-order valence-corrected chi connectivity index (χ0v) is 16.7. The van der Waals surface area contributed by atoms with Gasteiger partial charge in [0.2, 0.25) is 0 Å². The van der Waals surface area contributed by atoms with Gasteiger partial charge in [0.25, 0.3) is 5.91 Å². The van der Waals surface area contributed by atoms with E-state index >= 15 is 0 Å². The molecular formula is C22H13Cl3N2O. The average Bonchev–Trinajstić information content (AvgIpc) is 3.02. The molecule has 4 rings (SSSR count). The highest BCUT2D eigenvalue weighted by atomic mass is 35.5. The molecule has 0 saturated carbocycles. The van der Waals surface area contributed by atoms with E-state index in [0.717, 1.165) is 5.56 Å². The molecule has 0 N–H and O–H groups in total. The van der Waals surface area contributed by atoms with Crippen molar-refractivity contribution >= 4 is 58.3 Å². The SMILES string of the molecule is O=C1/C(=C\c2ccc(Cl)cc2Cl)N=C(c2ccccc2)N1c1ccc(Cl)cc1. The number of aliphatic imine (C=N–C) groups is 1. The van der Waals surface area contributed by atoms with Gasteiger partial charge in [0.1, 0.15) is 11.5 Å². The second kappa shape index (κ2) is 7.80. The second-order valence-corrected chi connectivity index (χ2v) is 7.39. The van der Waals surface area contributed by atoms with E-state index in [9.17, 15) is 4.79 Å². The Hall–Kier alpha value is -2.59. The number of carbonyl (C=O) groups excluding carboxylic acids is 1. The minimum atomic E-state index is -0.243. The summed E-state index contributed by atoms with van der Waals surface area (Å²) in [6.45, 7) is 0. The first kappa shape index (κ1) is 18.8. The van der Waals surface area contributed by atoms with Crippen molar-refractivity contribution in [3.8, 4) is 0 Å². The molecular weight excluding hydrogens is 415 g/mol. The number of halogens is 3. The molecule has 0 aliphatic carbocycles. The standard InChI is InChI=1S/C22H13Cl3N2O/c23-16-8-10-18(11-9-16)27-21(14-4-2-1-3-5-14)26-20(22(27)28)12-15-6-7-17(24)13-19(15)25/h1-13H/b20-12+. The molecule has 1 aliphatic heterocycles. The van der Waals surface area contributed by atoms with Gasteiger partial charge in [-0.25, -0.2) is 4.99 Å². The molecule has 0 atom stereocenters. The van der Waals surface area contributed by atoms with Gasteiger partial charge >= 0.3 is 0 Å². The Labute approximate surface area is 177 Å². The Kier molecular flexibility index (Phi) is 5.23. The van der Waals surface area contributed by atoms with Gasteiger partial charge in [-0.15, -0.1) is 0 Å². The number of amides is 1. The summed E-state index contributed by atoms with van der Waals surface area (Å²) >= 11 is 18.2. The van der Waals surface area contributed by atoms with Crippen molar-refractivity contribution < 1.29 is 4.79 Å². The first-order valence-corrected chi connectivity index (χ1v) is 9.57. The number of hydrogen-bond donors (Lipinski definition) is 0. The van der Waals surface area contributed by atoms with Crippen LogP contribution in [0.5, 0.6) is 0 Å². The van der Waals surface area contributed by atoms with Crippen LogP contribution in [0.4, 0.5) is 5.69 Å². The molecule has 3 aromatic rings. The van der Waals surface area contributed by atoms with Gasteiger partial charge in [0.15, 0.2) is 0 Å². The van der Waals surface area contributed by atoms with Crippen LogP contribution in [-0.4, -0.2) is 11.7 Å². The van der Waals surface area contributed by atoms with Crippen molar-refractivity contribution in [3.63, 3.8) is 0 Å². The van der Waals surface area contributed by atoms with Crippen LogP contribution in [0, 0.1) is 0 Å². The largest absolute Gasteiger partial charge is 0.282 e. The Balaban J connectivity index is 1.83. The lowest BCUT2D eigenvalue weighted by atomic mass is 10.1. The Morgan fingerprint density at radius 3 is 2.18 bits per heavy atom. The highest BCUT2D eigenvalue weighted by molar-refractivity contribution is 6.36. The number of anilines is 1. The number of benzene rings is 3. The summed E-state index contributed by atoms with van der Waals surface area (Å²) in [6, 6.07) is 21.7. The maximum absolute atomic E-state index is 13.2. The quantitative estimate of drug-likeness (QED) is 0.440. The minimum Gasteiger partial charge on any atom is -0.266 e. The van der Waals surface area contributed by atoms with E-state index in [1.165, 1.54) is 0 Å². The first-order chi connectivity index (χ1) is 13.5. The summed E-state index contributed by atoms with van der Waals surface area (Å²) in [5.74, 6) is 0.302. The van der Waals surface area contributed by atoms with Crippen LogP contribution in [0.25, 0.3) is 6.08 Å². The zero-order chi connectivity index (χ0) is 19.7. The predicted octanol–water partition coefficient (Wildman–Crippen LogP) is 6.48. The van der Waals surface area contributed by atoms with Gasteiger partial charge < -0.3 is 0 Å². The molecule has 0 fully saturated rings. The van der Waals surface area contributed by atoms with Crippen molar-refractivity contribution in [2.24, 2.45) is 4.99 Å². The summed E-state index contributed by atoms with van der Waals surface area (Å²) in [4.78, 5) is 19.4.